The van der Waals surface area contributed by atoms with Gasteiger partial charge in [-0.05, 0) is 53.9 Å². The van der Waals surface area contributed by atoms with Crippen molar-refractivity contribution in [3.63, 3.8) is 0 Å². The summed E-state index contributed by atoms with van der Waals surface area (Å²) in [5.74, 6) is -1.22. The number of benzene rings is 2. The van der Waals surface area contributed by atoms with Crippen LogP contribution in [-0.4, -0.2) is 52.8 Å². The highest BCUT2D eigenvalue weighted by molar-refractivity contribution is 7.93. The van der Waals surface area contributed by atoms with E-state index in [0.717, 1.165) is 15.6 Å². The number of nitrogens with zero attached hydrogens (tertiary/aromatic N) is 1. The minimum absolute atomic E-state index is 0.00112. The molecule has 3 rings (SSSR count). The molecule has 0 aliphatic heterocycles. The van der Waals surface area contributed by atoms with E-state index in [-0.39, 0.29) is 21.0 Å². The van der Waals surface area contributed by atoms with E-state index in [0.29, 0.717) is 24.7 Å². The van der Waals surface area contributed by atoms with Gasteiger partial charge in [-0.2, -0.15) is 0 Å². The Morgan fingerprint density at radius 3 is 2.48 bits per heavy atom. The molecule has 2 aromatic carbocycles. The Hall–Kier alpha value is -3.41. The minimum atomic E-state index is -4.04. The van der Waals surface area contributed by atoms with Gasteiger partial charge < -0.3 is 19.9 Å². The topological polar surface area (TPSA) is 122 Å². The summed E-state index contributed by atoms with van der Waals surface area (Å²) in [6, 6.07) is 13.6. The molecule has 0 radical (unpaired) electrons. The van der Waals surface area contributed by atoms with E-state index >= 15 is 0 Å². The largest absolute Gasteiger partial charge is 0.491 e. The van der Waals surface area contributed by atoms with Crippen molar-refractivity contribution in [2.45, 2.75) is 4.90 Å². The lowest BCUT2D eigenvalue weighted by atomic mass is 10.2. The lowest BCUT2D eigenvalue weighted by Crippen LogP contribution is -2.28. The maximum Gasteiger partial charge on any atom is 0.335 e. The van der Waals surface area contributed by atoms with Gasteiger partial charge in [-0.3, -0.25) is 9.10 Å². The molecule has 0 spiro atoms. The summed E-state index contributed by atoms with van der Waals surface area (Å²) in [5, 5.41) is 13.2. The summed E-state index contributed by atoms with van der Waals surface area (Å²) in [6.07, 6.45) is 0. The van der Waals surface area contributed by atoms with E-state index < -0.39 is 21.9 Å². The number of thiophene rings is 1. The number of anilines is 2. The van der Waals surface area contributed by atoms with Crippen LogP contribution in [0.5, 0.6) is 5.75 Å². The summed E-state index contributed by atoms with van der Waals surface area (Å²) in [5.41, 5.74) is 0.635. The van der Waals surface area contributed by atoms with Crippen LogP contribution < -0.4 is 14.4 Å². The van der Waals surface area contributed by atoms with Gasteiger partial charge in [-0.15, -0.1) is 11.3 Å². The van der Waals surface area contributed by atoms with Gasteiger partial charge in [0, 0.05) is 19.8 Å². The molecule has 174 valence electrons. The van der Waals surface area contributed by atoms with Gasteiger partial charge in [0.05, 0.1) is 17.9 Å². The predicted molar refractivity (Wildman–Crippen MR) is 125 cm³/mol. The van der Waals surface area contributed by atoms with E-state index in [2.05, 4.69) is 5.32 Å². The molecule has 1 amide bonds. The van der Waals surface area contributed by atoms with Crippen molar-refractivity contribution >= 4 is 44.6 Å². The number of hydrogen-bond acceptors (Lipinski definition) is 7. The fraction of sp³-hybridized carbons (Fsp3) is 0.182. The van der Waals surface area contributed by atoms with E-state index in [1.165, 1.54) is 42.8 Å². The highest BCUT2D eigenvalue weighted by atomic mass is 32.2. The van der Waals surface area contributed by atoms with Crippen molar-refractivity contribution in [1.82, 2.24) is 0 Å². The van der Waals surface area contributed by atoms with Crippen LogP contribution in [0.4, 0.5) is 11.4 Å². The molecule has 0 aliphatic carbocycles. The Labute approximate surface area is 195 Å². The lowest BCUT2D eigenvalue weighted by Gasteiger charge is -2.20. The number of methoxy groups -OCH3 is 1. The second kappa shape index (κ2) is 10.5. The van der Waals surface area contributed by atoms with Crippen LogP contribution in [-0.2, 0) is 14.8 Å². The van der Waals surface area contributed by atoms with Crippen LogP contribution in [0.15, 0.2) is 64.9 Å². The molecule has 0 fully saturated rings. The molecule has 3 aromatic rings. The smallest absolute Gasteiger partial charge is 0.335 e. The van der Waals surface area contributed by atoms with Gasteiger partial charge in [0.1, 0.15) is 22.1 Å². The second-order valence-electron chi connectivity index (χ2n) is 6.76. The summed E-state index contributed by atoms with van der Waals surface area (Å²) < 4.78 is 38.0. The van der Waals surface area contributed by atoms with Crippen LogP contribution in [0.25, 0.3) is 0 Å². The predicted octanol–water partition coefficient (Wildman–Crippen LogP) is 3.55. The zero-order valence-electron chi connectivity index (χ0n) is 17.8. The molecule has 0 atom stereocenters. The Morgan fingerprint density at radius 1 is 1.09 bits per heavy atom. The monoisotopic (exact) mass is 490 g/mol. The van der Waals surface area contributed by atoms with Crippen LogP contribution in [0.3, 0.4) is 0 Å². The van der Waals surface area contributed by atoms with Crippen molar-refractivity contribution in [3.8, 4) is 5.75 Å². The quantitative estimate of drug-likeness (QED) is 0.417. The first-order chi connectivity index (χ1) is 15.7. The standard InChI is InChI=1S/C22H22N2O7S2/c1-24(17-6-8-18(9-7-17)31-12-11-30-2)33(28,29)19-10-13-32-20(19)21(25)23-16-5-3-4-15(14-16)22(26)27/h3-10,13-14H,11-12H2,1-2H3,(H,23,25)(H,26,27). The average Bonchev–Trinajstić information content (AvgIpc) is 3.30. The zero-order valence-corrected chi connectivity index (χ0v) is 19.5. The maximum atomic E-state index is 13.2. The Kier molecular flexibility index (Phi) is 7.69. The van der Waals surface area contributed by atoms with Gasteiger partial charge in [0.15, 0.2) is 0 Å². The molecule has 9 nitrogen and oxygen atoms in total. The van der Waals surface area contributed by atoms with E-state index in [9.17, 15) is 18.0 Å². The molecular formula is C22H22N2O7S2. The maximum absolute atomic E-state index is 13.2. The second-order valence-corrected chi connectivity index (χ2v) is 9.62. The number of ether oxygens (including phenoxy) is 2. The third kappa shape index (κ3) is 5.69. The number of nitrogens with one attached hydrogen (secondary N) is 1. The molecule has 0 saturated heterocycles. The summed E-state index contributed by atoms with van der Waals surface area (Å²) in [7, 11) is -1.08. The SMILES string of the molecule is COCCOc1ccc(N(C)S(=O)(=O)c2ccsc2C(=O)Nc2cccc(C(=O)O)c2)cc1. The molecule has 0 saturated carbocycles. The van der Waals surface area contributed by atoms with E-state index in [1.807, 2.05) is 0 Å². The van der Waals surface area contributed by atoms with Crippen LogP contribution >= 0.6 is 11.3 Å². The number of aromatic carboxylic acids is 1. The third-order valence-corrected chi connectivity index (χ3v) is 7.47. The highest BCUT2D eigenvalue weighted by Gasteiger charge is 2.28. The molecule has 1 aromatic heterocycles. The van der Waals surface area contributed by atoms with Gasteiger partial charge in [0.2, 0.25) is 0 Å². The van der Waals surface area contributed by atoms with Crippen LogP contribution in [0, 0.1) is 0 Å². The molecule has 0 bridgehead atoms. The number of carbonyl (C=O) groups excluding carboxylic acids is 1. The highest BCUT2D eigenvalue weighted by Crippen LogP contribution is 2.29. The van der Waals surface area contributed by atoms with Crippen molar-refractivity contribution in [1.29, 1.82) is 0 Å². The fourth-order valence-corrected chi connectivity index (χ4v) is 5.36. The Bertz CT molecular complexity index is 1240. The number of carbonyl (C=O) groups is 2. The number of rotatable bonds is 10. The van der Waals surface area contributed by atoms with Crippen molar-refractivity contribution in [2.75, 3.05) is 37.0 Å². The van der Waals surface area contributed by atoms with Crippen molar-refractivity contribution < 1.29 is 32.6 Å². The summed E-state index contributed by atoms with van der Waals surface area (Å²) in [6.45, 7) is 0.798. The van der Waals surface area contributed by atoms with Crippen molar-refractivity contribution in [2.24, 2.45) is 0 Å². The molecule has 11 heteroatoms. The van der Waals surface area contributed by atoms with Gasteiger partial charge in [-0.1, -0.05) is 6.07 Å². The van der Waals surface area contributed by atoms with E-state index in [1.54, 1.807) is 31.4 Å². The average molecular weight is 491 g/mol. The fourth-order valence-electron chi connectivity index (χ4n) is 2.87. The number of amides is 1. The molecule has 2 N–H and O–H groups in total. The molecule has 33 heavy (non-hydrogen) atoms. The summed E-state index contributed by atoms with van der Waals surface area (Å²) >= 11 is 0.974. The molecule has 0 unspecified atom stereocenters. The first-order valence-corrected chi connectivity index (χ1v) is 12.0. The number of sulfonamides is 1. The zero-order chi connectivity index (χ0) is 24.0. The normalized spacial score (nSPS) is 11.1. The van der Waals surface area contributed by atoms with Gasteiger partial charge in [0.25, 0.3) is 15.9 Å². The first-order valence-electron chi connectivity index (χ1n) is 9.67. The minimum Gasteiger partial charge on any atom is -0.491 e. The van der Waals surface area contributed by atoms with Crippen molar-refractivity contribution in [3.05, 3.63) is 70.4 Å². The summed E-state index contributed by atoms with van der Waals surface area (Å²) in [4.78, 5) is 23.8. The molecule has 1 heterocycles. The third-order valence-electron chi connectivity index (χ3n) is 4.60. The lowest BCUT2D eigenvalue weighted by molar-refractivity contribution is 0.0696. The number of carboxylic acid groups (broad SMARTS) is 1. The number of carboxylic acids is 1. The molecular weight excluding hydrogens is 468 g/mol. The van der Waals surface area contributed by atoms with Gasteiger partial charge in [-0.25, -0.2) is 13.2 Å². The Balaban J connectivity index is 1.79. The first kappa shape index (κ1) is 24.2. The van der Waals surface area contributed by atoms with E-state index in [4.69, 9.17) is 14.6 Å². The van der Waals surface area contributed by atoms with Crippen LogP contribution in [0.1, 0.15) is 20.0 Å². The Morgan fingerprint density at radius 2 is 1.82 bits per heavy atom. The molecule has 0 aliphatic rings. The number of hydrogen-bond donors (Lipinski definition) is 2. The van der Waals surface area contributed by atoms with Gasteiger partial charge >= 0.3 is 5.97 Å². The van der Waals surface area contributed by atoms with Crippen LogP contribution in [0.2, 0.25) is 0 Å².